The zero-order valence-electron chi connectivity index (χ0n) is 7.20. The van der Waals surface area contributed by atoms with Gasteiger partial charge in [0.05, 0.1) is 0 Å². The molecule has 0 spiro atoms. The van der Waals surface area contributed by atoms with Gasteiger partial charge in [-0.15, -0.1) is 0 Å². The van der Waals surface area contributed by atoms with Gasteiger partial charge in [0.1, 0.15) is 0 Å². The van der Waals surface area contributed by atoms with Crippen LogP contribution in [-0.2, 0) is 0 Å². The smallest absolute Gasteiger partial charge is 0.00850 e. The van der Waals surface area contributed by atoms with Crippen LogP contribution in [0, 0.1) is 11.3 Å². The molecule has 2 atom stereocenters. The van der Waals surface area contributed by atoms with Gasteiger partial charge in [-0.1, -0.05) is 18.1 Å². The summed E-state index contributed by atoms with van der Waals surface area (Å²) in [4.78, 5) is 0. The predicted octanol–water partition coefficient (Wildman–Crippen LogP) is 3.14. The van der Waals surface area contributed by atoms with E-state index in [0.29, 0.717) is 5.41 Å². The van der Waals surface area contributed by atoms with E-state index in [2.05, 4.69) is 20.8 Å². The number of hydrogen-bond donors (Lipinski definition) is 0. The fourth-order valence-electron chi connectivity index (χ4n) is 2.40. The highest BCUT2D eigenvalue weighted by atomic mass is 14.6. The summed E-state index contributed by atoms with van der Waals surface area (Å²) >= 11 is 0. The van der Waals surface area contributed by atoms with Gasteiger partial charge in [-0.25, -0.2) is 0 Å². The van der Waals surface area contributed by atoms with Crippen LogP contribution in [0.15, 0.2) is 11.1 Å². The van der Waals surface area contributed by atoms with Gasteiger partial charge in [-0.2, -0.15) is 0 Å². The second kappa shape index (κ2) is 1.66. The molecule has 0 aromatic heterocycles. The molecular weight excluding hydrogens is 120 g/mol. The van der Waals surface area contributed by atoms with Crippen molar-refractivity contribution in [2.45, 2.75) is 40.0 Å². The molecule has 10 heavy (non-hydrogen) atoms. The van der Waals surface area contributed by atoms with Crippen molar-refractivity contribution in [3.63, 3.8) is 0 Å². The summed E-state index contributed by atoms with van der Waals surface area (Å²) in [6.07, 6.45) is 4.29. The van der Waals surface area contributed by atoms with Crippen molar-refractivity contribution >= 4 is 0 Å². The van der Waals surface area contributed by atoms with Crippen molar-refractivity contribution in [3.8, 4) is 0 Å². The Kier molecular flexibility index (Phi) is 1.07. The fraction of sp³-hybridized carbons (Fsp3) is 0.800. The van der Waals surface area contributed by atoms with Gasteiger partial charge in [0.25, 0.3) is 0 Å². The quantitative estimate of drug-likeness (QED) is 0.449. The third kappa shape index (κ3) is 0.624. The lowest BCUT2D eigenvalue weighted by Gasteiger charge is -2.21. The molecule has 1 fully saturated rings. The molecule has 2 aliphatic rings. The van der Waals surface area contributed by atoms with E-state index in [1.54, 1.807) is 11.1 Å². The first-order valence-corrected chi connectivity index (χ1v) is 4.31. The first-order chi connectivity index (χ1) is 4.64. The summed E-state index contributed by atoms with van der Waals surface area (Å²) in [5.41, 5.74) is 4.02. The van der Waals surface area contributed by atoms with Crippen molar-refractivity contribution in [2.75, 3.05) is 0 Å². The van der Waals surface area contributed by atoms with Gasteiger partial charge in [-0.05, 0) is 44.4 Å². The largest absolute Gasteiger partial charge is 0.0738 e. The van der Waals surface area contributed by atoms with Gasteiger partial charge in [0.2, 0.25) is 0 Å². The SMILES string of the molecule is CC1=C(C)C2(C)CC2CC1. The summed E-state index contributed by atoms with van der Waals surface area (Å²) in [6.45, 7) is 7.05. The van der Waals surface area contributed by atoms with Crippen LogP contribution in [0.3, 0.4) is 0 Å². The van der Waals surface area contributed by atoms with Crippen molar-refractivity contribution in [1.29, 1.82) is 0 Å². The lowest BCUT2D eigenvalue weighted by Crippen LogP contribution is -2.07. The molecule has 0 radical (unpaired) electrons. The first kappa shape index (κ1) is 6.45. The number of hydrogen-bond acceptors (Lipinski definition) is 0. The van der Waals surface area contributed by atoms with Crippen LogP contribution in [0.2, 0.25) is 0 Å². The highest BCUT2D eigenvalue weighted by Gasteiger charge is 2.52. The van der Waals surface area contributed by atoms with Crippen LogP contribution in [-0.4, -0.2) is 0 Å². The Balaban J connectivity index is 2.35. The van der Waals surface area contributed by atoms with E-state index in [-0.39, 0.29) is 0 Å². The van der Waals surface area contributed by atoms with Gasteiger partial charge >= 0.3 is 0 Å². The molecule has 1 saturated carbocycles. The number of fused-ring (bicyclic) bond motifs is 1. The summed E-state index contributed by atoms with van der Waals surface area (Å²) in [5, 5.41) is 0. The third-order valence-electron chi connectivity index (χ3n) is 3.78. The monoisotopic (exact) mass is 136 g/mol. The van der Waals surface area contributed by atoms with Crippen LogP contribution in [0.25, 0.3) is 0 Å². The van der Waals surface area contributed by atoms with Gasteiger partial charge in [0.15, 0.2) is 0 Å². The molecule has 0 saturated heterocycles. The molecule has 2 unspecified atom stereocenters. The minimum atomic E-state index is 0.655. The van der Waals surface area contributed by atoms with Gasteiger partial charge in [-0.3, -0.25) is 0 Å². The Morgan fingerprint density at radius 1 is 1.40 bits per heavy atom. The number of rotatable bonds is 0. The number of allylic oxidation sites excluding steroid dienone is 2. The van der Waals surface area contributed by atoms with Crippen molar-refractivity contribution in [1.82, 2.24) is 0 Å². The topological polar surface area (TPSA) is 0 Å². The maximum absolute atomic E-state index is 2.43. The van der Waals surface area contributed by atoms with Crippen molar-refractivity contribution in [3.05, 3.63) is 11.1 Å². The lowest BCUT2D eigenvalue weighted by molar-refractivity contribution is 0.516. The second-order valence-electron chi connectivity index (χ2n) is 4.26. The Morgan fingerprint density at radius 2 is 2.10 bits per heavy atom. The molecule has 0 nitrogen and oxygen atoms in total. The summed E-state index contributed by atoms with van der Waals surface area (Å²) in [7, 11) is 0. The molecule has 0 heterocycles. The van der Waals surface area contributed by atoms with Gasteiger partial charge in [0, 0.05) is 0 Å². The maximum Gasteiger partial charge on any atom is -0.00850 e. The molecule has 0 aromatic carbocycles. The molecule has 2 aliphatic carbocycles. The molecule has 0 heteroatoms. The minimum absolute atomic E-state index is 0.655. The Bertz CT molecular complexity index is 198. The van der Waals surface area contributed by atoms with Gasteiger partial charge < -0.3 is 0 Å². The predicted molar refractivity (Wildman–Crippen MR) is 43.8 cm³/mol. The van der Waals surface area contributed by atoms with E-state index in [1.165, 1.54) is 19.3 Å². The van der Waals surface area contributed by atoms with E-state index < -0.39 is 0 Å². The zero-order chi connectivity index (χ0) is 7.35. The van der Waals surface area contributed by atoms with Crippen molar-refractivity contribution in [2.24, 2.45) is 11.3 Å². The molecule has 2 rings (SSSR count). The molecule has 0 aliphatic heterocycles. The van der Waals surface area contributed by atoms with E-state index in [1.807, 2.05) is 0 Å². The van der Waals surface area contributed by atoms with E-state index in [9.17, 15) is 0 Å². The molecule has 0 bridgehead atoms. The lowest BCUT2D eigenvalue weighted by atomic mass is 9.85. The van der Waals surface area contributed by atoms with Crippen LogP contribution >= 0.6 is 0 Å². The minimum Gasteiger partial charge on any atom is -0.0738 e. The fourth-order valence-corrected chi connectivity index (χ4v) is 2.40. The summed E-state index contributed by atoms with van der Waals surface area (Å²) in [6, 6.07) is 0. The average molecular weight is 136 g/mol. The Hall–Kier alpha value is -0.260. The normalized spacial score (nSPS) is 45.3. The zero-order valence-corrected chi connectivity index (χ0v) is 7.20. The molecule has 0 amide bonds. The summed E-state index contributed by atoms with van der Waals surface area (Å²) < 4.78 is 0. The standard InChI is InChI=1S/C10H16/c1-7-4-5-9-6-10(9,3)8(7)2/h9H,4-6H2,1-3H3. The second-order valence-corrected chi connectivity index (χ2v) is 4.26. The highest BCUT2D eigenvalue weighted by molar-refractivity contribution is 5.30. The third-order valence-corrected chi connectivity index (χ3v) is 3.78. The highest BCUT2D eigenvalue weighted by Crippen LogP contribution is 2.62. The average Bonchev–Trinajstić information content (AvgIpc) is 2.55. The molecule has 0 N–H and O–H groups in total. The van der Waals surface area contributed by atoms with Crippen LogP contribution in [0.5, 0.6) is 0 Å². The Morgan fingerprint density at radius 3 is 2.70 bits per heavy atom. The maximum atomic E-state index is 2.43. The van der Waals surface area contributed by atoms with E-state index in [4.69, 9.17) is 0 Å². The van der Waals surface area contributed by atoms with Crippen molar-refractivity contribution < 1.29 is 0 Å². The Labute approximate surface area is 63.3 Å². The molecule has 56 valence electrons. The van der Waals surface area contributed by atoms with Crippen LogP contribution < -0.4 is 0 Å². The first-order valence-electron chi connectivity index (χ1n) is 4.31. The van der Waals surface area contributed by atoms with Crippen LogP contribution in [0.1, 0.15) is 40.0 Å². The molecule has 0 aromatic rings. The summed E-state index contributed by atoms with van der Waals surface area (Å²) in [5.74, 6) is 1.05. The van der Waals surface area contributed by atoms with E-state index in [0.717, 1.165) is 5.92 Å². The molecular formula is C10H16. The van der Waals surface area contributed by atoms with Crippen LogP contribution in [0.4, 0.5) is 0 Å². The van der Waals surface area contributed by atoms with E-state index >= 15 is 0 Å².